The second-order valence-corrected chi connectivity index (χ2v) is 8.49. The molecule has 3 rings (SSSR count). The smallest absolute Gasteiger partial charge is 0.151 e. The third-order valence-electron chi connectivity index (χ3n) is 4.17. The van der Waals surface area contributed by atoms with Crippen molar-refractivity contribution in [3.63, 3.8) is 0 Å². The maximum atomic E-state index is 11.3. The average molecular weight is 347 g/mol. The van der Waals surface area contributed by atoms with E-state index >= 15 is 0 Å². The molecule has 1 N–H and O–H groups in total. The van der Waals surface area contributed by atoms with Crippen molar-refractivity contribution < 1.29 is 13.5 Å². The van der Waals surface area contributed by atoms with Crippen molar-refractivity contribution in [1.82, 2.24) is 9.97 Å². The van der Waals surface area contributed by atoms with E-state index in [0.717, 1.165) is 17.9 Å². The van der Waals surface area contributed by atoms with Gasteiger partial charge >= 0.3 is 0 Å². The van der Waals surface area contributed by atoms with Crippen LogP contribution in [-0.2, 0) is 22.0 Å². The number of hydrogen-bond acceptors (Lipinski definition) is 6. The predicted octanol–water partition coefficient (Wildman–Crippen LogP) is 1.06. The van der Waals surface area contributed by atoms with E-state index in [1.54, 1.807) is 18.5 Å². The maximum absolute atomic E-state index is 11.3. The summed E-state index contributed by atoms with van der Waals surface area (Å²) < 4.78 is 22.6. The van der Waals surface area contributed by atoms with Gasteiger partial charge in [0, 0.05) is 43.4 Å². The van der Waals surface area contributed by atoms with Gasteiger partial charge in [-0.1, -0.05) is 12.1 Å². The first-order valence-electron chi connectivity index (χ1n) is 7.86. The van der Waals surface area contributed by atoms with Gasteiger partial charge in [0.05, 0.1) is 11.9 Å². The molecule has 1 saturated heterocycles. The Bertz CT molecular complexity index is 778. The molecule has 24 heavy (non-hydrogen) atoms. The fourth-order valence-corrected chi connectivity index (χ4v) is 3.80. The summed E-state index contributed by atoms with van der Waals surface area (Å²) in [6.45, 7) is 1.23. The highest BCUT2D eigenvalue weighted by atomic mass is 32.2. The molecule has 7 heteroatoms. The first kappa shape index (κ1) is 16.9. The lowest BCUT2D eigenvalue weighted by molar-refractivity contribution is 0.148. The summed E-state index contributed by atoms with van der Waals surface area (Å²) in [6, 6.07) is 9.39. The minimum atomic E-state index is -3.06. The molecule has 2 aromatic heterocycles. The fourth-order valence-electron chi connectivity index (χ4n) is 3.02. The molecule has 0 aromatic carbocycles. The van der Waals surface area contributed by atoms with Crippen LogP contribution < -0.4 is 4.90 Å². The standard InChI is InChI=1S/C17H21N3O3S/c1-24(22,23)12-13-5-6-17(19-9-13)20-10-14(16(21)11-20)8-15-4-2-3-7-18-15/h2-7,9,14,16,21H,8,10-12H2,1H3/t14-,16-/m1/s1. The van der Waals surface area contributed by atoms with Crippen molar-refractivity contribution in [2.24, 2.45) is 5.92 Å². The van der Waals surface area contributed by atoms with E-state index < -0.39 is 15.9 Å². The Balaban J connectivity index is 1.66. The number of aromatic nitrogens is 2. The van der Waals surface area contributed by atoms with Gasteiger partial charge in [0.15, 0.2) is 9.84 Å². The second-order valence-electron chi connectivity index (χ2n) is 6.35. The molecule has 0 amide bonds. The molecule has 0 bridgehead atoms. The topological polar surface area (TPSA) is 83.4 Å². The summed E-state index contributed by atoms with van der Waals surface area (Å²) >= 11 is 0. The van der Waals surface area contributed by atoms with Crippen molar-refractivity contribution in [1.29, 1.82) is 0 Å². The lowest BCUT2D eigenvalue weighted by Gasteiger charge is -2.17. The molecule has 0 unspecified atom stereocenters. The molecule has 0 aliphatic carbocycles. The summed E-state index contributed by atoms with van der Waals surface area (Å²) in [5, 5.41) is 10.3. The van der Waals surface area contributed by atoms with Gasteiger partial charge in [-0.3, -0.25) is 4.98 Å². The molecule has 0 saturated carbocycles. The van der Waals surface area contributed by atoms with Crippen LogP contribution in [0.25, 0.3) is 0 Å². The molecule has 0 spiro atoms. The van der Waals surface area contributed by atoms with E-state index in [2.05, 4.69) is 9.97 Å². The van der Waals surface area contributed by atoms with Crippen LogP contribution in [0.5, 0.6) is 0 Å². The lowest BCUT2D eigenvalue weighted by Crippen LogP contribution is -2.22. The van der Waals surface area contributed by atoms with Gasteiger partial charge in [-0.2, -0.15) is 0 Å². The average Bonchev–Trinajstić information content (AvgIpc) is 2.88. The van der Waals surface area contributed by atoms with E-state index in [1.165, 1.54) is 6.26 Å². The third-order valence-corrected chi connectivity index (χ3v) is 5.02. The van der Waals surface area contributed by atoms with Gasteiger partial charge in [-0.25, -0.2) is 13.4 Å². The summed E-state index contributed by atoms with van der Waals surface area (Å²) in [7, 11) is -3.06. The summed E-state index contributed by atoms with van der Waals surface area (Å²) in [5.41, 5.74) is 1.64. The Kier molecular flexibility index (Phi) is 4.82. The second kappa shape index (κ2) is 6.86. The molecule has 2 aromatic rings. The molecule has 6 nitrogen and oxygen atoms in total. The number of aliphatic hydroxyl groups excluding tert-OH is 1. The first-order valence-corrected chi connectivity index (χ1v) is 9.92. The largest absolute Gasteiger partial charge is 0.391 e. The van der Waals surface area contributed by atoms with Gasteiger partial charge in [0.1, 0.15) is 5.82 Å². The van der Waals surface area contributed by atoms with Gasteiger partial charge in [-0.05, 0) is 30.2 Å². The molecule has 1 aliphatic heterocycles. The number of nitrogens with zero attached hydrogens (tertiary/aromatic N) is 3. The zero-order valence-corrected chi connectivity index (χ0v) is 14.4. The van der Waals surface area contributed by atoms with Crippen LogP contribution in [0.1, 0.15) is 11.3 Å². The van der Waals surface area contributed by atoms with E-state index in [4.69, 9.17) is 0 Å². The number of aliphatic hydroxyl groups is 1. The van der Waals surface area contributed by atoms with Crippen LogP contribution >= 0.6 is 0 Å². The highest BCUT2D eigenvalue weighted by Crippen LogP contribution is 2.25. The zero-order valence-electron chi connectivity index (χ0n) is 13.5. The molecule has 1 aliphatic rings. The summed E-state index contributed by atoms with van der Waals surface area (Å²) in [4.78, 5) is 10.7. The van der Waals surface area contributed by atoms with Crippen molar-refractivity contribution in [3.05, 3.63) is 54.0 Å². The van der Waals surface area contributed by atoms with Crippen LogP contribution in [-0.4, -0.2) is 48.9 Å². The van der Waals surface area contributed by atoms with Gasteiger partial charge in [0.25, 0.3) is 0 Å². The quantitative estimate of drug-likeness (QED) is 0.871. The molecular formula is C17H21N3O3S. The van der Waals surface area contributed by atoms with E-state index in [9.17, 15) is 13.5 Å². The number of rotatable bonds is 5. The fraction of sp³-hybridized carbons (Fsp3) is 0.412. The Hall–Kier alpha value is -1.99. The van der Waals surface area contributed by atoms with Crippen molar-refractivity contribution >= 4 is 15.7 Å². The predicted molar refractivity (Wildman–Crippen MR) is 92.4 cm³/mol. The Morgan fingerprint density at radius 2 is 2.04 bits per heavy atom. The highest BCUT2D eigenvalue weighted by Gasteiger charge is 2.32. The van der Waals surface area contributed by atoms with Crippen molar-refractivity contribution in [3.8, 4) is 0 Å². The molecule has 2 atom stereocenters. The van der Waals surface area contributed by atoms with Crippen LogP contribution in [0.15, 0.2) is 42.7 Å². The van der Waals surface area contributed by atoms with Crippen LogP contribution in [0, 0.1) is 5.92 Å². The van der Waals surface area contributed by atoms with Gasteiger partial charge in [0.2, 0.25) is 0 Å². The van der Waals surface area contributed by atoms with Crippen molar-refractivity contribution in [2.75, 3.05) is 24.2 Å². The Labute approximate surface area is 142 Å². The van der Waals surface area contributed by atoms with E-state index in [0.29, 0.717) is 18.7 Å². The SMILES string of the molecule is CS(=O)(=O)Cc1ccc(N2C[C@@H](Cc3ccccn3)[C@H](O)C2)nc1. The lowest BCUT2D eigenvalue weighted by atomic mass is 10.00. The molecule has 0 radical (unpaired) electrons. The number of sulfone groups is 1. The first-order chi connectivity index (χ1) is 11.4. The summed E-state index contributed by atoms with van der Waals surface area (Å²) in [6.07, 6.45) is 4.86. The summed E-state index contributed by atoms with van der Waals surface area (Å²) in [5.74, 6) is 0.859. The number of hydrogen-bond donors (Lipinski definition) is 1. The zero-order chi connectivity index (χ0) is 17.2. The number of pyridine rings is 2. The Morgan fingerprint density at radius 3 is 2.67 bits per heavy atom. The Morgan fingerprint density at radius 1 is 1.21 bits per heavy atom. The minimum Gasteiger partial charge on any atom is -0.391 e. The van der Waals surface area contributed by atoms with Crippen LogP contribution in [0.4, 0.5) is 5.82 Å². The van der Waals surface area contributed by atoms with Crippen LogP contribution in [0.2, 0.25) is 0 Å². The van der Waals surface area contributed by atoms with Gasteiger partial charge < -0.3 is 10.0 Å². The molecule has 3 heterocycles. The van der Waals surface area contributed by atoms with Crippen LogP contribution in [0.3, 0.4) is 0 Å². The number of anilines is 1. The minimum absolute atomic E-state index is 0.00872. The highest BCUT2D eigenvalue weighted by molar-refractivity contribution is 7.89. The molecular weight excluding hydrogens is 326 g/mol. The number of β-amino-alcohol motifs (C(OH)–C–C–N with tert-alkyl or cyclic N) is 1. The molecule has 128 valence electrons. The van der Waals surface area contributed by atoms with E-state index in [-0.39, 0.29) is 11.7 Å². The van der Waals surface area contributed by atoms with E-state index in [1.807, 2.05) is 29.2 Å². The monoisotopic (exact) mass is 347 g/mol. The third kappa shape index (κ3) is 4.30. The van der Waals surface area contributed by atoms with Gasteiger partial charge in [-0.15, -0.1) is 0 Å². The van der Waals surface area contributed by atoms with Crippen molar-refractivity contribution in [2.45, 2.75) is 18.3 Å². The normalized spacial score (nSPS) is 21.2. The maximum Gasteiger partial charge on any atom is 0.151 e. The molecule has 1 fully saturated rings.